The monoisotopic (exact) mass is 254 g/mol. The number of anilines is 1. The molecule has 1 N–H and O–H groups in total. The molecule has 0 radical (unpaired) electrons. The van der Waals surface area contributed by atoms with Crippen LogP contribution in [-0.2, 0) is 13.0 Å². The van der Waals surface area contributed by atoms with E-state index in [4.69, 9.17) is 5.11 Å². The van der Waals surface area contributed by atoms with Gasteiger partial charge >= 0.3 is 5.97 Å². The first kappa shape index (κ1) is 11.7. The Morgan fingerprint density at radius 3 is 2.79 bits per heavy atom. The standard InChI is InChI=1S/C15H14N2O2/c18-15(19)13-2-1-12-5-8-17(14(12)9-13)10-11-3-6-16-7-4-11/h1-4,6-7,9H,5,8,10H2,(H,18,19). The van der Waals surface area contributed by atoms with Gasteiger partial charge in [0.2, 0.25) is 0 Å². The van der Waals surface area contributed by atoms with Gasteiger partial charge < -0.3 is 10.0 Å². The molecule has 0 spiro atoms. The van der Waals surface area contributed by atoms with Crippen molar-refractivity contribution < 1.29 is 9.90 Å². The van der Waals surface area contributed by atoms with Crippen molar-refractivity contribution in [2.45, 2.75) is 13.0 Å². The van der Waals surface area contributed by atoms with Crippen LogP contribution in [-0.4, -0.2) is 22.6 Å². The zero-order valence-corrected chi connectivity index (χ0v) is 10.4. The molecule has 1 aliphatic rings. The van der Waals surface area contributed by atoms with Gasteiger partial charge in [-0.1, -0.05) is 6.07 Å². The summed E-state index contributed by atoms with van der Waals surface area (Å²) in [5.41, 5.74) is 3.79. The Labute approximate surface area is 111 Å². The number of aromatic nitrogens is 1. The largest absolute Gasteiger partial charge is 0.478 e. The first-order valence-electron chi connectivity index (χ1n) is 6.24. The van der Waals surface area contributed by atoms with Crippen molar-refractivity contribution in [3.63, 3.8) is 0 Å². The predicted octanol–water partition coefficient (Wildman–Crippen LogP) is 2.34. The predicted molar refractivity (Wildman–Crippen MR) is 72.4 cm³/mol. The molecular formula is C15H14N2O2. The van der Waals surface area contributed by atoms with Crippen molar-refractivity contribution in [3.8, 4) is 0 Å². The molecule has 0 atom stereocenters. The molecule has 0 unspecified atom stereocenters. The SMILES string of the molecule is O=C(O)c1ccc2c(c1)N(Cc1ccncc1)CC2. The van der Waals surface area contributed by atoms with Gasteiger partial charge in [-0.15, -0.1) is 0 Å². The maximum atomic E-state index is 11.0. The molecule has 0 fully saturated rings. The third-order valence-corrected chi connectivity index (χ3v) is 3.45. The van der Waals surface area contributed by atoms with Gasteiger partial charge in [-0.25, -0.2) is 4.79 Å². The summed E-state index contributed by atoms with van der Waals surface area (Å²) in [7, 11) is 0. The number of pyridine rings is 1. The molecule has 3 rings (SSSR count). The molecule has 4 heteroatoms. The number of fused-ring (bicyclic) bond motifs is 1. The highest BCUT2D eigenvalue weighted by molar-refractivity contribution is 5.89. The molecule has 0 aliphatic carbocycles. The van der Waals surface area contributed by atoms with Gasteiger partial charge in [0.1, 0.15) is 0 Å². The molecule has 19 heavy (non-hydrogen) atoms. The van der Waals surface area contributed by atoms with Crippen LogP contribution in [0.5, 0.6) is 0 Å². The lowest BCUT2D eigenvalue weighted by molar-refractivity contribution is 0.0697. The van der Waals surface area contributed by atoms with Crippen LogP contribution in [0.2, 0.25) is 0 Å². The lowest BCUT2D eigenvalue weighted by Crippen LogP contribution is -2.19. The number of carbonyl (C=O) groups is 1. The molecule has 2 aromatic rings. The van der Waals surface area contributed by atoms with Crippen LogP contribution in [0.1, 0.15) is 21.5 Å². The number of rotatable bonds is 3. The van der Waals surface area contributed by atoms with Crippen molar-refractivity contribution in [2.75, 3.05) is 11.4 Å². The fourth-order valence-corrected chi connectivity index (χ4v) is 2.45. The fourth-order valence-electron chi connectivity index (χ4n) is 2.45. The van der Waals surface area contributed by atoms with Gasteiger partial charge in [-0.05, 0) is 41.8 Å². The van der Waals surface area contributed by atoms with Gasteiger partial charge in [0.15, 0.2) is 0 Å². The van der Waals surface area contributed by atoms with Crippen LogP contribution >= 0.6 is 0 Å². The lowest BCUT2D eigenvalue weighted by atomic mass is 10.1. The number of carboxylic acids is 1. The van der Waals surface area contributed by atoms with Gasteiger partial charge in [0, 0.05) is 31.2 Å². The maximum absolute atomic E-state index is 11.0. The van der Waals surface area contributed by atoms with Crippen LogP contribution in [0.3, 0.4) is 0 Å². The van der Waals surface area contributed by atoms with Crippen molar-refractivity contribution in [1.29, 1.82) is 0 Å². The maximum Gasteiger partial charge on any atom is 0.335 e. The Bertz CT molecular complexity index is 611. The summed E-state index contributed by atoms with van der Waals surface area (Å²) in [6, 6.07) is 9.34. The van der Waals surface area contributed by atoms with Crippen molar-refractivity contribution in [3.05, 3.63) is 59.4 Å². The van der Waals surface area contributed by atoms with E-state index in [-0.39, 0.29) is 0 Å². The molecule has 0 bridgehead atoms. The molecular weight excluding hydrogens is 240 g/mol. The van der Waals surface area contributed by atoms with Gasteiger partial charge in [-0.3, -0.25) is 4.98 Å². The second kappa shape index (κ2) is 4.72. The normalized spacial score (nSPS) is 13.4. The first-order chi connectivity index (χ1) is 9.24. The first-order valence-corrected chi connectivity index (χ1v) is 6.24. The minimum absolute atomic E-state index is 0.348. The van der Waals surface area contributed by atoms with Crippen molar-refractivity contribution in [1.82, 2.24) is 4.98 Å². The van der Waals surface area contributed by atoms with E-state index >= 15 is 0 Å². The van der Waals surface area contributed by atoms with E-state index in [0.717, 1.165) is 25.2 Å². The quantitative estimate of drug-likeness (QED) is 0.913. The number of nitrogens with zero attached hydrogens (tertiary/aromatic N) is 2. The van der Waals surface area contributed by atoms with E-state index in [1.165, 1.54) is 11.1 Å². The summed E-state index contributed by atoms with van der Waals surface area (Å²) in [5.74, 6) is -0.876. The molecule has 0 amide bonds. The third-order valence-electron chi connectivity index (χ3n) is 3.45. The van der Waals surface area contributed by atoms with E-state index in [2.05, 4.69) is 9.88 Å². The van der Waals surface area contributed by atoms with E-state index in [1.807, 2.05) is 18.2 Å². The number of carboxylic acid groups (broad SMARTS) is 1. The molecule has 2 heterocycles. The highest BCUT2D eigenvalue weighted by Gasteiger charge is 2.20. The van der Waals surface area contributed by atoms with Gasteiger partial charge in [0.05, 0.1) is 5.56 Å². The Balaban J connectivity index is 1.88. The minimum Gasteiger partial charge on any atom is -0.478 e. The third kappa shape index (κ3) is 2.29. The zero-order chi connectivity index (χ0) is 13.2. The van der Waals surface area contributed by atoms with Crippen LogP contribution in [0.15, 0.2) is 42.7 Å². The Morgan fingerprint density at radius 1 is 1.26 bits per heavy atom. The molecule has 0 saturated carbocycles. The number of benzene rings is 1. The van der Waals surface area contributed by atoms with E-state index in [1.54, 1.807) is 24.5 Å². The Hall–Kier alpha value is -2.36. The molecule has 4 nitrogen and oxygen atoms in total. The summed E-state index contributed by atoms with van der Waals surface area (Å²) < 4.78 is 0. The van der Waals surface area contributed by atoms with E-state index in [9.17, 15) is 4.79 Å². The van der Waals surface area contributed by atoms with E-state index < -0.39 is 5.97 Å². The number of aromatic carboxylic acids is 1. The molecule has 1 aromatic heterocycles. The summed E-state index contributed by atoms with van der Waals surface area (Å²) in [6.45, 7) is 1.72. The van der Waals surface area contributed by atoms with Crippen molar-refractivity contribution in [2.24, 2.45) is 0 Å². The summed E-state index contributed by atoms with van der Waals surface area (Å²) >= 11 is 0. The minimum atomic E-state index is -0.876. The molecule has 1 aliphatic heterocycles. The topological polar surface area (TPSA) is 53.4 Å². The van der Waals surface area contributed by atoms with Crippen LogP contribution in [0, 0.1) is 0 Å². The highest BCUT2D eigenvalue weighted by atomic mass is 16.4. The highest BCUT2D eigenvalue weighted by Crippen LogP contribution is 2.30. The van der Waals surface area contributed by atoms with Crippen LogP contribution in [0.4, 0.5) is 5.69 Å². The number of hydrogen-bond acceptors (Lipinski definition) is 3. The second-order valence-electron chi connectivity index (χ2n) is 4.68. The number of hydrogen-bond donors (Lipinski definition) is 1. The molecule has 0 saturated heterocycles. The average molecular weight is 254 g/mol. The average Bonchev–Trinajstić information content (AvgIpc) is 2.82. The smallest absolute Gasteiger partial charge is 0.335 e. The summed E-state index contributed by atoms with van der Waals surface area (Å²) in [6.07, 6.45) is 4.53. The molecule has 1 aromatic carbocycles. The lowest BCUT2D eigenvalue weighted by Gasteiger charge is -2.19. The van der Waals surface area contributed by atoms with Gasteiger partial charge in [0.25, 0.3) is 0 Å². The Kier molecular flexibility index (Phi) is 2.91. The second-order valence-corrected chi connectivity index (χ2v) is 4.68. The van der Waals surface area contributed by atoms with E-state index in [0.29, 0.717) is 5.56 Å². The van der Waals surface area contributed by atoms with Gasteiger partial charge in [-0.2, -0.15) is 0 Å². The fraction of sp³-hybridized carbons (Fsp3) is 0.200. The zero-order valence-electron chi connectivity index (χ0n) is 10.4. The van der Waals surface area contributed by atoms with Crippen LogP contribution in [0.25, 0.3) is 0 Å². The van der Waals surface area contributed by atoms with Crippen LogP contribution < -0.4 is 4.90 Å². The summed E-state index contributed by atoms with van der Waals surface area (Å²) in [5, 5.41) is 9.07. The Morgan fingerprint density at radius 2 is 2.05 bits per heavy atom. The molecule has 96 valence electrons. The van der Waals surface area contributed by atoms with Crippen molar-refractivity contribution >= 4 is 11.7 Å². The summed E-state index contributed by atoms with van der Waals surface area (Å²) in [4.78, 5) is 17.3.